The maximum absolute atomic E-state index is 13.8. The van der Waals surface area contributed by atoms with Gasteiger partial charge in [0.25, 0.3) is 0 Å². The van der Waals surface area contributed by atoms with E-state index in [0.717, 1.165) is 24.9 Å². The Labute approximate surface area is 192 Å². The van der Waals surface area contributed by atoms with Crippen LogP contribution in [0.2, 0.25) is 0 Å². The van der Waals surface area contributed by atoms with Gasteiger partial charge in [0.2, 0.25) is 5.91 Å². The molecule has 4 aliphatic rings. The first-order valence-corrected chi connectivity index (χ1v) is 12.9. The Morgan fingerprint density at radius 3 is 2.88 bits per heavy atom. The molecule has 0 saturated carbocycles. The molecule has 4 nitrogen and oxygen atoms in total. The van der Waals surface area contributed by atoms with Crippen LogP contribution in [0, 0.1) is 11.8 Å². The Balaban J connectivity index is 1.28. The first-order valence-electron chi connectivity index (χ1n) is 12.9. The highest BCUT2D eigenvalue weighted by molar-refractivity contribution is 5.89. The molecule has 0 spiro atoms. The van der Waals surface area contributed by atoms with E-state index in [9.17, 15) is 4.79 Å². The summed E-state index contributed by atoms with van der Waals surface area (Å²) in [7, 11) is 0. The Kier molecular flexibility index (Phi) is 5.17. The molecule has 0 radical (unpaired) electrons. The lowest BCUT2D eigenvalue weighted by Crippen LogP contribution is -2.60. The molecule has 3 fully saturated rings. The van der Waals surface area contributed by atoms with E-state index in [4.69, 9.17) is 0 Å². The maximum atomic E-state index is 13.8. The summed E-state index contributed by atoms with van der Waals surface area (Å²) in [4.78, 5) is 18.8. The number of rotatable bonds is 3. The van der Waals surface area contributed by atoms with Crippen LogP contribution in [0.4, 0.5) is 0 Å². The van der Waals surface area contributed by atoms with Gasteiger partial charge in [-0.15, -0.1) is 0 Å². The molecule has 2 unspecified atom stereocenters. The van der Waals surface area contributed by atoms with Crippen molar-refractivity contribution < 1.29 is 4.79 Å². The van der Waals surface area contributed by atoms with E-state index in [0.29, 0.717) is 30.3 Å². The van der Waals surface area contributed by atoms with Crippen molar-refractivity contribution in [2.75, 3.05) is 19.6 Å². The van der Waals surface area contributed by atoms with E-state index in [1.165, 1.54) is 61.7 Å². The van der Waals surface area contributed by atoms with E-state index in [2.05, 4.69) is 64.8 Å². The fourth-order valence-electron chi connectivity index (χ4n) is 7.36. The Hall–Kier alpha value is -2.07. The first-order chi connectivity index (χ1) is 15.6. The number of nitrogens with zero attached hydrogens (tertiary/aromatic N) is 3. The van der Waals surface area contributed by atoms with Crippen LogP contribution in [0.3, 0.4) is 0 Å². The highest BCUT2D eigenvalue weighted by Crippen LogP contribution is 2.45. The van der Waals surface area contributed by atoms with E-state index >= 15 is 0 Å². The van der Waals surface area contributed by atoms with Gasteiger partial charge >= 0.3 is 0 Å². The molecule has 3 aliphatic heterocycles. The number of aromatic nitrogens is 1. The number of hydrogen-bond acceptors (Lipinski definition) is 2. The van der Waals surface area contributed by atoms with Gasteiger partial charge in [-0.25, -0.2) is 0 Å². The highest BCUT2D eigenvalue weighted by atomic mass is 16.2. The third-order valence-corrected chi connectivity index (χ3v) is 8.70. The van der Waals surface area contributed by atoms with Crippen LogP contribution in [0.5, 0.6) is 0 Å². The zero-order chi connectivity index (χ0) is 21.8. The molecule has 6 rings (SSSR count). The molecule has 2 bridgehead atoms. The number of fused-ring (bicyclic) bond motifs is 7. The summed E-state index contributed by atoms with van der Waals surface area (Å²) in [6.45, 7) is 7.81. The van der Waals surface area contributed by atoms with Gasteiger partial charge in [-0.1, -0.05) is 36.3 Å². The number of amides is 1. The topological polar surface area (TPSA) is 28.5 Å². The van der Waals surface area contributed by atoms with Crippen molar-refractivity contribution in [2.24, 2.45) is 11.8 Å². The van der Waals surface area contributed by atoms with Gasteiger partial charge in [-0.3, -0.25) is 9.69 Å². The van der Waals surface area contributed by atoms with Crippen LogP contribution >= 0.6 is 0 Å². The molecule has 4 heterocycles. The van der Waals surface area contributed by atoms with Crippen LogP contribution < -0.4 is 0 Å². The van der Waals surface area contributed by atoms with Gasteiger partial charge in [0.1, 0.15) is 0 Å². The van der Waals surface area contributed by atoms with Crippen LogP contribution in [-0.4, -0.2) is 52.0 Å². The lowest BCUT2D eigenvalue weighted by atomic mass is 9.68. The van der Waals surface area contributed by atoms with Gasteiger partial charge in [0, 0.05) is 42.3 Å². The summed E-state index contributed by atoms with van der Waals surface area (Å²) in [5.74, 6) is 1.67. The Morgan fingerprint density at radius 1 is 1.12 bits per heavy atom. The second-order valence-corrected chi connectivity index (χ2v) is 10.9. The molecule has 1 aromatic heterocycles. The SMILES string of the molecule is CC(C)n1cc(CC(=O)N2CCCC3=CC4CC(CN5CCCC[C@H]45)[C@@H]32)c2ccccc21. The van der Waals surface area contributed by atoms with Gasteiger partial charge < -0.3 is 9.47 Å². The summed E-state index contributed by atoms with van der Waals surface area (Å²) in [6.07, 6.45) is 13.1. The standard InChI is InChI=1S/C28H37N3O/c1-19(2)31-18-22(24-9-3-4-11-26(24)31)16-27(32)30-13-7-8-20-14-21-15-23(28(20)30)17-29-12-6-5-10-25(21)29/h3-4,9,11,14,18-19,21,23,25,28H,5-8,10,12-13,15-17H2,1-2H3/t21?,23?,25-,28-/m1/s1. The van der Waals surface area contributed by atoms with Gasteiger partial charge in [-0.05, 0) is 76.0 Å². The molecule has 32 heavy (non-hydrogen) atoms. The predicted molar refractivity (Wildman–Crippen MR) is 130 cm³/mol. The molecular weight excluding hydrogens is 394 g/mol. The van der Waals surface area contributed by atoms with Crippen molar-refractivity contribution in [3.63, 3.8) is 0 Å². The first kappa shape index (κ1) is 20.5. The van der Waals surface area contributed by atoms with Crippen molar-refractivity contribution in [3.05, 3.63) is 47.7 Å². The van der Waals surface area contributed by atoms with E-state index < -0.39 is 0 Å². The van der Waals surface area contributed by atoms with Crippen molar-refractivity contribution in [1.29, 1.82) is 0 Å². The van der Waals surface area contributed by atoms with Crippen LogP contribution in [0.25, 0.3) is 10.9 Å². The molecule has 170 valence electrons. The third-order valence-electron chi connectivity index (χ3n) is 8.70. The molecule has 3 saturated heterocycles. The number of para-hydroxylation sites is 1. The lowest BCUT2D eigenvalue weighted by Gasteiger charge is -2.54. The number of carbonyl (C=O) groups excluding carboxylic acids is 1. The molecule has 4 atom stereocenters. The minimum absolute atomic E-state index is 0.325. The Morgan fingerprint density at radius 2 is 2.00 bits per heavy atom. The average molecular weight is 432 g/mol. The monoisotopic (exact) mass is 431 g/mol. The lowest BCUT2D eigenvalue weighted by molar-refractivity contribution is -0.135. The number of piperidine rings is 3. The highest BCUT2D eigenvalue weighted by Gasteiger charge is 2.46. The average Bonchev–Trinajstić information content (AvgIpc) is 3.17. The van der Waals surface area contributed by atoms with Gasteiger partial charge in [0.15, 0.2) is 0 Å². The molecule has 2 aromatic rings. The van der Waals surface area contributed by atoms with E-state index in [1.807, 2.05) is 0 Å². The number of carbonyl (C=O) groups is 1. The predicted octanol–water partition coefficient (Wildman–Crippen LogP) is 5.19. The summed E-state index contributed by atoms with van der Waals surface area (Å²) in [6, 6.07) is 10.1. The quantitative estimate of drug-likeness (QED) is 0.626. The maximum Gasteiger partial charge on any atom is 0.227 e. The second kappa shape index (κ2) is 8.06. The number of benzene rings is 1. The van der Waals surface area contributed by atoms with E-state index in [-0.39, 0.29) is 0 Å². The molecule has 1 aromatic carbocycles. The van der Waals surface area contributed by atoms with Crippen LogP contribution in [-0.2, 0) is 11.2 Å². The minimum atomic E-state index is 0.325. The van der Waals surface area contributed by atoms with Crippen molar-refractivity contribution in [1.82, 2.24) is 14.4 Å². The van der Waals surface area contributed by atoms with Crippen molar-refractivity contribution >= 4 is 16.8 Å². The largest absolute Gasteiger partial charge is 0.345 e. The molecule has 0 N–H and O–H groups in total. The minimum Gasteiger partial charge on any atom is -0.345 e. The second-order valence-electron chi connectivity index (χ2n) is 10.9. The van der Waals surface area contributed by atoms with Crippen molar-refractivity contribution in [2.45, 2.75) is 76.9 Å². The van der Waals surface area contributed by atoms with Crippen LogP contribution in [0.15, 0.2) is 42.1 Å². The molecular formula is C28H37N3O. The molecule has 1 amide bonds. The van der Waals surface area contributed by atoms with E-state index in [1.54, 1.807) is 5.57 Å². The van der Waals surface area contributed by atoms with Gasteiger partial charge in [0.05, 0.1) is 12.5 Å². The summed E-state index contributed by atoms with van der Waals surface area (Å²) in [5, 5.41) is 1.24. The van der Waals surface area contributed by atoms with Gasteiger partial charge in [-0.2, -0.15) is 0 Å². The molecule has 4 heteroatoms. The normalized spacial score (nSPS) is 30.2. The number of hydrogen-bond donors (Lipinski definition) is 0. The fourth-order valence-corrected chi connectivity index (χ4v) is 7.36. The van der Waals surface area contributed by atoms with Crippen molar-refractivity contribution in [3.8, 4) is 0 Å². The molecule has 1 aliphatic carbocycles. The Bertz CT molecular complexity index is 1050. The third kappa shape index (κ3) is 3.34. The summed E-state index contributed by atoms with van der Waals surface area (Å²) < 4.78 is 2.32. The number of likely N-dealkylation sites (tertiary alicyclic amines) is 1. The zero-order valence-electron chi connectivity index (χ0n) is 19.7. The summed E-state index contributed by atoms with van der Waals surface area (Å²) >= 11 is 0. The zero-order valence-corrected chi connectivity index (χ0v) is 19.7. The smallest absolute Gasteiger partial charge is 0.227 e. The summed E-state index contributed by atoms with van der Waals surface area (Å²) in [5.41, 5.74) is 4.01. The fraction of sp³-hybridized carbons (Fsp3) is 0.607. The van der Waals surface area contributed by atoms with Crippen LogP contribution in [0.1, 0.15) is 64.0 Å².